The Hall–Kier alpha value is -5.12. The highest BCUT2D eigenvalue weighted by molar-refractivity contribution is 5.77. The maximum Gasteiger partial charge on any atom is 0.309 e. The van der Waals surface area contributed by atoms with E-state index in [1.54, 1.807) is 6.08 Å². The molecule has 4 saturated carbocycles. The molecular formula is C50H70O16. The van der Waals surface area contributed by atoms with Crippen molar-refractivity contribution in [2.75, 3.05) is 59.5 Å². The standard InChI is InChI=1S/C50H70O16/c1-5-25-59-30-49(29-51)23-21-41(22-24-49)48(58)66-34-50(31-63-45(55)38-15-9-35(10-16-38)42(52)60-26-6-2,32-64-46(56)39-17-11-36(12-18-39)43(53)61-27-7-3)33-65-47(57)40-19-13-37(14-20-40)44(54)62-28-8-4/h5-8,29,35-41H,1-4,9-28,30-34H2. The average molecular weight is 927 g/mol. The maximum atomic E-state index is 13.8. The van der Waals surface area contributed by atoms with E-state index in [0.29, 0.717) is 103 Å². The summed E-state index contributed by atoms with van der Waals surface area (Å²) in [4.78, 5) is 105. The molecule has 0 heterocycles. The lowest BCUT2D eigenvalue weighted by atomic mass is 9.72. The minimum absolute atomic E-state index is 0.0892. The Kier molecular flexibility index (Phi) is 22.3. The Morgan fingerprint density at radius 1 is 0.394 bits per heavy atom. The summed E-state index contributed by atoms with van der Waals surface area (Å²) < 4.78 is 45.1. The number of esters is 7. The molecule has 366 valence electrons. The van der Waals surface area contributed by atoms with Crippen molar-refractivity contribution in [1.82, 2.24) is 0 Å². The molecule has 0 amide bonds. The highest BCUT2D eigenvalue weighted by Gasteiger charge is 2.44. The largest absolute Gasteiger partial charge is 0.464 e. The Labute approximate surface area is 388 Å². The van der Waals surface area contributed by atoms with Crippen LogP contribution in [0, 0.1) is 52.3 Å². The third-order valence-electron chi connectivity index (χ3n) is 13.5. The highest BCUT2D eigenvalue weighted by atomic mass is 16.6. The van der Waals surface area contributed by atoms with E-state index < -0.39 is 84.8 Å². The fourth-order valence-corrected chi connectivity index (χ4v) is 9.16. The van der Waals surface area contributed by atoms with Crippen molar-refractivity contribution in [3.05, 3.63) is 50.6 Å². The van der Waals surface area contributed by atoms with Crippen LogP contribution in [0.3, 0.4) is 0 Å². The van der Waals surface area contributed by atoms with Gasteiger partial charge in [0.1, 0.15) is 57.9 Å². The van der Waals surface area contributed by atoms with Crippen LogP contribution in [0.1, 0.15) is 103 Å². The summed E-state index contributed by atoms with van der Waals surface area (Å²) in [6.45, 7) is 13.3. The van der Waals surface area contributed by atoms with Gasteiger partial charge in [0.05, 0.1) is 54.6 Å². The zero-order valence-electron chi connectivity index (χ0n) is 38.5. The minimum atomic E-state index is -1.56. The molecule has 0 atom stereocenters. The van der Waals surface area contributed by atoms with Gasteiger partial charge < -0.3 is 42.7 Å². The first-order chi connectivity index (χ1) is 31.8. The van der Waals surface area contributed by atoms with Crippen LogP contribution in [0.2, 0.25) is 0 Å². The van der Waals surface area contributed by atoms with E-state index in [-0.39, 0.29) is 68.7 Å². The van der Waals surface area contributed by atoms with Gasteiger partial charge in [0.25, 0.3) is 0 Å². The van der Waals surface area contributed by atoms with Crippen LogP contribution in [-0.2, 0) is 76.3 Å². The van der Waals surface area contributed by atoms with Crippen molar-refractivity contribution in [3.8, 4) is 0 Å². The number of carbonyl (C=O) groups excluding carboxylic acids is 8. The molecule has 0 saturated heterocycles. The Morgan fingerprint density at radius 2 is 0.636 bits per heavy atom. The summed E-state index contributed by atoms with van der Waals surface area (Å²) in [5, 5.41) is 0. The van der Waals surface area contributed by atoms with E-state index in [2.05, 4.69) is 26.3 Å². The highest BCUT2D eigenvalue weighted by Crippen LogP contribution is 2.39. The molecule has 0 N–H and O–H groups in total. The molecule has 0 bridgehead atoms. The first-order valence-electron chi connectivity index (χ1n) is 23.5. The normalized spacial score (nSPS) is 27.2. The van der Waals surface area contributed by atoms with Crippen molar-refractivity contribution < 1.29 is 76.3 Å². The number of carbonyl (C=O) groups is 8. The molecule has 0 aromatic carbocycles. The Morgan fingerprint density at radius 3 is 0.879 bits per heavy atom. The summed E-state index contributed by atoms with van der Waals surface area (Å²) in [5.74, 6) is -6.71. The smallest absolute Gasteiger partial charge is 0.309 e. The molecule has 16 heteroatoms. The molecular weight excluding hydrogens is 857 g/mol. The molecule has 4 aliphatic rings. The van der Waals surface area contributed by atoms with Gasteiger partial charge in [0.15, 0.2) is 0 Å². The first-order valence-corrected chi connectivity index (χ1v) is 23.5. The lowest BCUT2D eigenvalue weighted by molar-refractivity contribution is -0.179. The third kappa shape index (κ3) is 16.3. The van der Waals surface area contributed by atoms with Gasteiger partial charge in [-0.1, -0.05) is 44.0 Å². The molecule has 4 rings (SSSR count). The van der Waals surface area contributed by atoms with Gasteiger partial charge in [-0.05, 0) is 103 Å². The van der Waals surface area contributed by atoms with E-state index in [4.69, 9.17) is 37.9 Å². The van der Waals surface area contributed by atoms with Gasteiger partial charge in [-0.3, -0.25) is 33.6 Å². The predicted octanol–water partition coefficient (Wildman–Crippen LogP) is 6.33. The van der Waals surface area contributed by atoms with Gasteiger partial charge >= 0.3 is 41.8 Å². The number of rotatable bonds is 26. The van der Waals surface area contributed by atoms with Crippen molar-refractivity contribution in [2.45, 2.75) is 103 Å². The molecule has 16 nitrogen and oxygen atoms in total. The zero-order chi connectivity index (χ0) is 48.0. The van der Waals surface area contributed by atoms with Gasteiger partial charge in [-0.15, -0.1) is 6.58 Å². The van der Waals surface area contributed by atoms with Crippen LogP contribution < -0.4 is 0 Å². The summed E-state index contributed by atoms with van der Waals surface area (Å²) in [6, 6.07) is 0. The maximum absolute atomic E-state index is 13.8. The van der Waals surface area contributed by atoms with Crippen LogP contribution >= 0.6 is 0 Å². The third-order valence-corrected chi connectivity index (χ3v) is 13.5. The van der Waals surface area contributed by atoms with Crippen molar-refractivity contribution in [2.24, 2.45) is 52.3 Å². The van der Waals surface area contributed by atoms with Gasteiger partial charge in [-0.2, -0.15) is 0 Å². The zero-order valence-corrected chi connectivity index (χ0v) is 38.5. The van der Waals surface area contributed by atoms with Crippen LogP contribution in [0.15, 0.2) is 50.6 Å². The molecule has 0 aromatic rings. The van der Waals surface area contributed by atoms with Gasteiger partial charge in [0, 0.05) is 5.41 Å². The molecule has 0 radical (unpaired) electrons. The second-order valence-electron chi connectivity index (χ2n) is 18.4. The molecule has 4 fully saturated rings. The molecule has 0 unspecified atom stereocenters. The second-order valence-corrected chi connectivity index (χ2v) is 18.4. The number of ether oxygens (including phenoxy) is 8. The SMILES string of the molecule is C=CCOCC1(C=O)CCC(C(=O)OCC(COC(=O)C2CCC(C(=O)OCC=C)CC2)(COC(=O)C2CCC(C(=O)OCC=C)CC2)COC(=O)C2CCC(C(=O)OCC=C)CC2)CC1. The minimum Gasteiger partial charge on any atom is -0.464 e. The fourth-order valence-electron chi connectivity index (χ4n) is 9.16. The quantitative estimate of drug-likeness (QED) is 0.0305. The molecule has 0 aliphatic heterocycles. The summed E-state index contributed by atoms with van der Waals surface area (Å²) in [6.07, 6.45) is 13.0. The molecule has 0 spiro atoms. The summed E-state index contributed by atoms with van der Waals surface area (Å²) in [7, 11) is 0. The second kappa shape index (κ2) is 27.5. The number of aldehydes is 1. The van der Waals surface area contributed by atoms with Crippen LogP contribution in [-0.4, -0.2) is 108 Å². The summed E-state index contributed by atoms with van der Waals surface area (Å²) >= 11 is 0. The fraction of sp³-hybridized carbons (Fsp3) is 0.680. The lowest BCUT2D eigenvalue weighted by Gasteiger charge is -2.36. The van der Waals surface area contributed by atoms with E-state index in [0.717, 1.165) is 6.29 Å². The Balaban J connectivity index is 1.52. The van der Waals surface area contributed by atoms with Crippen LogP contribution in [0.5, 0.6) is 0 Å². The molecule has 4 aliphatic carbocycles. The van der Waals surface area contributed by atoms with Gasteiger partial charge in [-0.25, -0.2) is 0 Å². The van der Waals surface area contributed by atoms with E-state index in [1.807, 2.05) is 0 Å². The summed E-state index contributed by atoms with van der Waals surface area (Å²) in [5.41, 5.74) is -2.30. The van der Waals surface area contributed by atoms with Gasteiger partial charge in [0.2, 0.25) is 0 Å². The monoisotopic (exact) mass is 926 g/mol. The van der Waals surface area contributed by atoms with Crippen LogP contribution in [0.25, 0.3) is 0 Å². The topological polar surface area (TPSA) is 210 Å². The van der Waals surface area contributed by atoms with Crippen molar-refractivity contribution in [1.29, 1.82) is 0 Å². The number of hydrogen-bond acceptors (Lipinski definition) is 16. The van der Waals surface area contributed by atoms with Crippen LogP contribution in [0.4, 0.5) is 0 Å². The number of hydrogen-bond donors (Lipinski definition) is 0. The van der Waals surface area contributed by atoms with Crippen molar-refractivity contribution in [3.63, 3.8) is 0 Å². The predicted molar refractivity (Wildman–Crippen MR) is 238 cm³/mol. The van der Waals surface area contributed by atoms with E-state index in [1.165, 1.54) is 18.2 Å². The van der Waals surface area contributed by atoms with E-state index in [9.17, 15) is 38.4 Å². The van der Waals surface area contributed by atoms with E-state index >= 15 is 0 Å². The Bertz CT molecular complexity index is 1540. The molecule has 0 aromatic heterocycles. The lowest BCUT2D eigenvalue weighted by Crippen LogP contribution is -2.46. The average Bonchev–Trinajstić information content (AvgIpc) is 3.35. The molecule has 66 heavy (non-hydrogen) atoms. The first kappa shape index (κ1) is 53.5. The van der Waals surface area contributed by atoms with Crippen molar-refractivity contribution >= 4 is 48.1 Å².